The zero-order chi connectivity index (χ0) is 29.7. The molecule has 0 aliphatic rings. The molecule has 0 saturated heterocycles. The molecule has 42 heavy (non-hydrogen) atoms. The third-order valence-electron chi connectivity index (χ3n) is 6.31. The molecule has 0 spiro atoms. The molecule has 0 radical (unpaired) electrons. The topological polar surface area (TPSA) is 115 Å². The van der Waals surface area contributed by atoms with E-state index in [1.54, 1.807) is 24.3 Å². The second-order valence-corrected chi connectivity index (χ2v) is 9.65. The molecule has 4 N–H and O–H groups in total. The molecular weight excluding hydrogens is 557 g/mol. The van der Waals surface area contributed by atoms with E-state index in [1.807, 2.05) is 36.4 Å². The number of benzene rings is 3. The molecule has 2 aromatic heterocycles. The number of unbranched alkanes of at least 4 members (excludes halogenated alkanes) is 2. The van der Waals surface area contributed by atoms with Crippen LogP contribution in [0.15, 0.2) is 83.5 Å². The van der Waals surface area contributed by atoms with Gasteiger partial charge in [0.15, 0.2) is 0 Å². The number of aldehydes is 1. The van der Waals surface area contributed by atoms with E-state index in [0.29, 0.717) is 29.6 Å². The number of carbonyl (C=O) groups excluding carboxylic acids is 1. The van der Waals surface area contributed by atoms with E-state index in [1.165, 1.54) is 25.5 Å². The number of anilines is 2. The summed E-state index contributed by atoms with van der Waals surface area (Å²) in [5, 5.41) is 7.95. The van der Waals surface area contributed by atoms with Crippen LogP contribution in [-0.2, 0) is 17.9 Å². The average molecular weight is 590 g/mol. The first-order valence-electron chi connectivity index (χ1n) is 13.6. The van der Waals surface area contributed by atoms with Crippen LogP contribution in [0.5, 0.6) is 5.75 Å². The lowest BCUT2D eigenvalue weighted by Crippen LogP contribution is -2.14. The Hall–Kier alpha value is -4.31. The first kappa shape index (κ1) is 30.6. The second-order valence-electron chi connectivity index (χ2n) is 9.24. The van der Waals surface area contributed by atoms with Gasteiger partial charge in [0, 0.05) is 23.1 Å². The Bertz CT molecular complexity index is 1590. The number of ether oxygens (including phenoxy) is 1. The molecule has 0 bridgehead atoms. The molecule has 0 unspecified atom stereocenters. The van der Waals surface area contributed by atoms with Gasteiger partial charge in [0.25, 0.3) is 0 Å². The highest BCUT2D eigenvalue weighted by molar-refractivity contribution is 6.32. The number of halogens is 2. The second kappa shape index (κ2) is 15.6. The summed E-state index contributed by atoms with van der Waals surface area (Å²) in [4.78, 5) is 19.3. The smallest absolute Gasteiger partial charge is 0.141 e. The highest BCUT2D eigenvalue weighted by atomic mass is 35.5. The Morgan fingerprint density at radius 1 is 1.00 bits per heavy atom. The Balaban J connectivity index is 0.00000198. The van der Waals surface area contributed by atoms with Gasteiger partial charge in [0.2, 0.25) is 0 Å². The van der Waals surface area contributed by atoms with E-state index in [0.717, 1.165) is 64.9 Å². The predicted octanol–water partition coefficient (Wildman–Crippen LogP) is 7.04. The lowest BCUT2D eigenvalue weighted by molar-refractivity contribution is -0.107. The highest BCUT2D eigenvalue weighted by Gasteiger charge is 2.11. The molecule has 218 valence electrons. The summed E-state index contributed by atoms with van der Waals surface area (Å²) in [5.41, 5.74) is 7.78. The van der Waals surface area contributed by atoms with Crippen LogP contribution in [0.25, 0.3) is 22.2 Å². The fraction of sp³-hybridized carbons (Fsp3) is 0.219. The van der Waals surface area contributed by atoms with Gasteiger partial charge in [0.1, 0.15) is 48.1 Å². The maximum Gasteiger partial charge on any atom is 0.141 e. The van der Waals surface area contributed by atoms with Crippen molar-refractivity contribution in [3.05, 3.63) is 101 Å². The fourth-order valence-electron chi connectivity index (χ4n) is 4.20. The number of nitrogens with one attached hydrogen (secondary N) is 2. The van der Waals surface area contributed by atoms with Crippen molar-refractivity contribution in [2.45, 2.75) is 32.4 Å². The molecule has 0 amide bonds. The summed E-state index contributed by atoms with van der Waals surface area (Å²) < 4.78 is 25.0. The number of hydrogen-bond donors (Lipinski definition) is 3. The summed E-state index contributed by atoms with van der Waals surface area (Å²) in [6, 6.07) is 21.4. The lowest BCUT2D eigenvalue weighted by Gasteiger charge is -2.12. The zero-order valence-corrected chi connectivity index (χ0v) is 24.0. The minimum absolute atomic E-state index is 0.276. The minimum Gasteiger partial charge on any atom is -0.487 e. The molecule has 5 rings (SSSR count). The van der Waals surface area contributed by atoms with E-state index < -0.39 is 0 Å². The summed E-state index contributed by atoms with van der Waals surface area (Å²) in [6.45, 7) is 1.73. The van der Waals surface area contributed by atoms with Crippen LogP contribution in [0.1, 0.15) is 30.6 Å². The summed E-state index contributed by atoms with van der Waals surface area (Å²) in [5.74, 6) is 2.45. The fourth-order valence-corrected chi connectivity index (χ4v) is 4.44. The number of aromatic nitrogens is 2. The van der Waals surface area contributed by atoms with E-state index in [2.05, 4.69) is 26.3 Å². The summed E-state index contributed by atoms with van der Waals surface area (Å²) in [6.07, 6.45) is 4.90. The Morgan fingerprint density at radius 2 is 1.83 bits per heavy atom. The minimum atomic E-state index is -0.289. The number of hydrogen-bond acceptors (Lipinski definition) is 8. The normalized spacial score (nSPS) is 10.7. The van der Waals surface area contributed by atoms with Gasteiger partial charge in [-0.2, -0.15) is 0 Å². The van der Waals surface area contributed by atoms with Gasteiger partial charge in [-0.3, -0.25) is 0 Å². The van der Waals surface area contributed by atoms with Crippen molar-refractivity contribution in [1.82, 2.24) is 15.3 Å². The highest BCUT2D eigenvalue weighted by Crippen LogP contribution is 2.32. The molecule has 0 atom stereocenters. The molecule has 3 aromatic carbocycles. The van der Waals surface area contributed by atoms with Gasteiger partial charge < -0.3 is 30.3 Å². The molecule has 5 aromatic rings. The van der Waals surface area contributed by atoms with E-state index >= 15 is 0 Å². The predicted molar refractivity (Wildman–Crippen MR) is 164 cm³/mol. The lowest BCUT2D eigenvalue weighted by atomic mass is 10.1. The van der Waals surface area contributed by atoms with Crippen LogP contribution in [-0.4, -0.2) is 29.8 Å². The molecule has 2 heterocycles. The Kier molecular flexibility index (Phi) is 11.4. The van der Waals surface area contributed by atoms with Crippen molar-refractivity contribution in [3.63, 3.8) is 0 Å². The van der Waals surface area contributed by atoms with Gasteiger partial charge in [0.05, 0.1) is 17.1 Å². The molecule has 0 aliphatic heterocycles. The number of fused-ring (bicyclic) bond motifs is 1. The van der Waals surface area contributed by atoms with Crippen LogP contribution < -0.4 is 21.1 Å². The first-order chi connectivity index (χ1) is 20.6. The monoisotopic (exact) mass is 589 g/mol. The Morgan fingerprint density at radius 3 is 2.62 bits per heavy atom. The van der Waals surface area contributed by atoms with Gasteiger partial charge in [-0.05, 0) is 92.7 Å². The standard InChI is InChI=1S/C31H28ClFN4O3.CH5N/c32-27-17-24(9-12-30(27)39-19-21-4-7-23(33)8-5-21)37-31-26-16-22(6-11-28(26)35-20-36-31)29-13-10-25(40-29)18-34-14-2-1-3-15-38;1-2/h4-13,15-17,20,34H,1-3,14,18-19H2,(H,35,36,37);2H2,1H3. The van der Waals surface area contributed by atoms with E-state index in [9.17, 15) is 9.18 Å². The van der Waals surface area contributed by atoms with Gasteiger partial charge in [-0.1, -0.05) is 23.7 Å². The van der Waals surface area contributed by atoms with Crippen LogP contribution in [0, 0.1) is 5.82 Å². The average Bonchev–Trinajstić information content (AvgIpc) is 3.49. The van der Waals surface area contributed by atoms with Crippen LogP contribution in [0.4, 0.5) is 15.9 Å². The van der Waals surface area contributed by atoms with Crippen molar-refractivity contribution < 1.29 is 18.3 Å². The quantitative estimate of drug-likeness (QED) is 0.0989. The SMILES string of the molecule is CN.O=CCCCCNCc1ccc(-c2ccc3ncnc(Nc4ccc(OCc5ccc(F)cc5)c(Cl)c4)c3c2)o1. The summed E-state index contributed by atoms with van der Waals surface area (Å²) in [7, 11) is 1.50. The van der Waals surface area contributed by atoms with Crippen molar-refractivity contribution in [3.8, 4) is 17.1 Å². The number of furan rings is 1. The van der Waals surface area contributed by atoms with Gasteiger partial charge in [-0.15, -0.1) is 0 Å². The van der Waals surface area contributed by atoms with Gasteiger partial charge >= 0.3 is 0 Å². The van der Waals surface area contributed by atoms with Crippen molar-refractivity contribution in [1.29, 1.82) is 0 Å². The first-order valence-corrected chi connectivity index (χ1v) is 14.0. The van der Waals surface area contributed by atoms with Crippen molar-refractivity contribution in [2.75, 3.05) is 18.9 Å². The number of rotatable bonds is 13. The van der Waals surface area contributed by atoms with Crippen molar-refractivity contribution >= 4 is 40.3 Å². The molecule has 0 fully saturated rings. The maximum atomic E-state index is 13.1. The zero-order valence-electron chi connectivity index (χ0n) is 23.3. The molecule has 0 saturated carbocycles. The third-order valence-corrected chi connectivity index (χ3v) is 6.60. The summed E-state index contributed by atoms with van der Waals surface area (Å²) >= 11 is 6.49. The molecule has 8 nitrogen and oxygen atoms in total. The number of nitrogens with zero attached hydrogens (tertiary/aromatic N) is 2. The Labute approximate surface area is 249 Å². The van der Waals surface area contributed by atoms with Gasteiger partial charge in [-0.25, -0.2) is 14.4 Å². The maximum absolute atomic E-state index is 13.1. The van der Waals surface area contributed by atoms with Crippen LogP contribution in [0.2, 0.25) is 5.02 Å². The number of nitrogens with two attached hydrogens (primary N) is 1. The van der Waals surface area contributed by atoms with E-state index in [-0.39, 0.29) is 12.4 Å². The number of carbonyl (C=O) groups is 1. The van der Waals surface area contributed by atoms with Crippen molar-refractivity contribution in [2.24, 2.45) is 5.73 Å². The molecule has 10 heteroatoms. The van der Waals surface area contributed by atoms with Crippen LogP contribution >= 0.6 is 11.6 Å². The largest absolute Gasteiger partial charge is 0.487 e. The molecular formula is C32H33ClFN5O3. The molecule has 0 aliphatic carbocycles. The third kappa shape index (κ3) is 8.36. The van der Waals surface area contributed by atoms with E-state index in [4.69, 9.17) is 20.8 Å². The van der Waals surface area contributed by atoms with Crippen LogP contribution in [0.3, 0.4) is 0 Å².